The van der Waals surface area contributed by atoms with E-state index in [9.17, 15) is 9.59 Å². The van der Waals surface area contributed by atoms with E-state index < -0.39 is 12.1 Å². The molecule has 1 heterocycles. The van der Waals surface area contributed by atoms with Crippen LogP contribution in [0.1, 0.15) is 18.9 Å². The summed E-state index contributed by atoms with van der Waals surface area (Å²) in [6.07, 6.45) is -0.390. The van der Waals surface area contributed by atoms with Crippen molar-refractivity contribution in [1.29, 1.82) is 0 Å². The lowest BCUT2D eigenvalue weighted by Crippen LogP contribution is -2.12. The lowest BCUT2D eigenvalue weighted by atomic mass is 10.2. The summed E-state index contributed by atoms with van der Waals surface area (Å²) in [5, 5.41) is 8.88. The van der Waals surface area contributed by atoms with E-state index in [0.717, 1.165) is 5.56 Å². The van der Waals surface area contributed by atoms with Gasteiger partial charge in [-0.05, 0) is 37.6 Å². The van der Waals surface area contributed by atoms with E-state index in [4.69, 9.17) is 14.2 Å². The Bertz CT molecular complexity index is 1090. The summed E-state index contributed by atoms with van der Waals surface area (Å²) in [5.74, 6) is 0.250. The number of esters is 1. The molecular formula is C22H23N3O6. The van der Waals surface area contributed by atoms with Crippen molar-refractivity contribution in [3.63, 3.8) is 0 Å². The Morgan fingerprint density at radius 2 is 1.74 bits per heavy atom. The number of carbonyl (C=O) groups is 2. The van der Waals surface area contributed by atoms with Gasteiger partial charge in [0.15, 0.2) is 5.75 Å². The zero-order valence-corrected chi connectivity index (χ0v) is 17.6. The molecule has 0 N–H and O–H groups in total. The van der Waals surface area contributed by atoms with Gasteiger partial charge in [-0.25, -0.2) is 9.59 Å². The summed E-state index contributed by atoms with van der Waals surface area (Å²) >= 11 is 0. The van der Waals surface area contributed by atoms with Gasteiger partial charge in [0.25, 0.3) is 0 Å². The monoisotopic (exact) mass is 425 g/mol. The highest BCUT2D eigenvalue weighted by atomic mass is 16.7. The number of fused-ring (bicyclic) bond motifs is 1. The van der Waals surface area contributed by atoms with Crippen LogP contribution in [0.2, 0.25) is 0 Å². The number of aromatic nitrogens is 3. The third-order valence-corrected chi connectivity index (χ3v) is 4.25. The van der Waals surface area contributed by atoms with Gasteiger partial charge in [-0.1, -0.05) is 18.7 Å². The second kappa shape index (κ2) is 9.75. The third kappa shape index (κ3) is 5.39. The van der Waals surface area contributed by atoms with Crippen LogP contribution in [0, 0.1) is 6.92 Å². The fraction of sp³-hybridized carbons (Fsp3) is 0.273. The Morgan fingerprint density at radius 3 is 2.35 bits per heavy atom. The fourth-order valence-corrected chi connectivity index (χ4v) is 2.68. The van der Waals surface area contributed by atoms with Gasteiger partial charge in [-0.3, -0.25) is 0 Å². The number of nitrogens with zero attached hydrogens (tertiary/aromatic N) is 3. The smallest absolute Gasteiger partial charge is 0.493 e. The summed E-state index contributed by atoms with van der Waals surface area (Å²) in [4.78, 5) is 24.6. The van der Waals surface area contributed by atoms with Crippen LogP contribution >= 0.6 is 0 Å². The SMILES string of the molecule is C=C(C)C(=O)OCCCOc1cc(OC(=O)OC)c(-n2nc3ccccc3n2)cc1C. The van der Waals surface area contributed by atoms with Crippen molar-refractivity contribution in [3.8, 4) is 17.2 Å². The van der Waals surface area contributed by atoms with Crippen molar-refractivity contribution in [2.24, 2.45) is 0 Å². The summed E-state index contributed by atoms with van der Waals surface area (Å²) in [5.41, 5.74) is 2.99. The second-order valence-corrected chi connectivity index (χ2v) is 6.74. The first-order valence-corrected chi connectivity index (χ1v) is 9.57. The van der Waals surface area contributed by atoms with Crippen LogP contribution in [0.25, 0.3) is 16.7 Å². The molecule has 3 aromatic rings. The molecule has 9 nitrogen and oxygen atoms in total. The third-order valence-electron chi connectivity index (χ3n) is 4.25. The van der Waals surface area contributed by atoms with E-state index in [1.54, 1.807) is 19.1 Å². The van der Waals surface area contributed by atoms with Gasteiger partial charge in [0, 0.05) is 18.1 Å². The predicted octanol–water partition coefficient (Wildman–Crippen LogP) is 3.76. The molecule has 31 heavy (non-hydrogen) atoms. The lowest BCUT2D eigenvalue weighted by Gasteiger charge is -2.14. The number of benzene rings is 2. The first kappa shape index (κ1) is 21.8. The van der Waals surface area contributed by atoms with Crippen LogP contribution in [0.4, 0.5) is 4.79 Å². The molecule has 0 aliphatic rings. The number of methoxy groups -OCH3 is 1. The van der Waals surface area contributed by atoms with E-state index in [2.05, 4.69) is 21.5 Å². The maximum atomic E-state index is 11.8. The highest BCUT2D eigenvalue weighted by molar-refractivity contribution is 5.86. The molecule has 0 radical (unpaired) electrons. The van der Waals surface area contributed by atoms with Crippen LogP contribution in [-0.4, -0.2) is 47.4 Å². The average Bonchev–Trinajstić information content (AvgIpc) is 3.18. The van der Waals surface area contributed by atoms with Gasteiger partial charge in [0.2, 0.25) is 0 Å². The number of ether oxygens (including phenoxy) is 4. The number of hydrogen-bond donors (Lipinski definition) is 0. The van der Waals surface area contributed by atoms with Crippen molar-refractivity contribution < 1.29 is 28.5 Å². The maximum Gasteiger partial charge on any atom is 0.513 e. The minimum atomic E-state index is -0.875. The summed E-state index contributed by atoms with van der Waals surface area (Å²) in [7, 11) is 1.22. The van der Waals surface area contributed by atoms with Crippen LogP contribution < -0.4 is 9.47 Å². The van der Waals surface area contributed by atoms with Gasteiger partial charge in [-0.15, -0.1) is 15.0 Å². The maximum absolute atomic E-state index is 11.8. The molecule has 0 saturated carbocycles. The lowest BCUT2D eigenvalue weighted by molar-refractivity contribution is -0.139. The minimum absolute atomic E-state index is 0.182. The van der Waals surface area contributed by atoms with Gasteiger partial charge >= 0.3 is 12.1 Å². The van der Waals surface area contributed by atoms with Gasteiger partial charge < -0.3 is 18.9 Å². The molecule has 162 valence electrons. The van der Waals surface area contributed by atoms with E-state index in [-0.39, 0.29) is 12.4 Å². The van der Waals surface area contributed by atoms with Gasteiger partial charge in [0.1, 0.15) is 22.5 Å². The van der Waals surface area contributed by atoms with E-state index >= 15 is 0 Å². The van der Waals surface area contributed by atoms with Crippen LogP contribution in [0.5, 0.6) is 11.5 Å². The molecule has 0 fully saturated rings. The quantitative estimate of drug-likeness (QED) is 0.233. The molecule has 0 atom stereocenters. The molecule has 0 aliphatic carbocycles. The number of hydrogen-bond acceptors (Lipinski definition) is 8. The molecule has 0 aliphatic heterocycles. The highest BCUT2D eigenvalue weighted by Gasteiger charge is 2.17. The Kier molecular flexibility index (Phi) is 6.86. The van der Waals surface area contributed by atoms with Crippen molar-refractivity contribution >= 4 is 23.2 Å². The summed E-state index contributed by atoms with van der Waals surface area (Å²) < 4.78 is 20.8. The predicted molar refractivity (Wildman–Crippen MR) is 113 cm³/mol. The molecule has 1 aromatic heterocycles. The molecule has 0 saturated heterocycles. The zero-order chi connectivity index (χ0) is 22.4. The van der Waals surface area contributed by atoms with Crippen LogP contribution in [0.3, 0.4) is 0 Å². The Labute approximate surface area is 179 Å². The van der Waals surface area contributed by atoms with Crippen LogP contribution in [-0.2, 0) is 14.3 Å². The summed E-state index contributed by atoms with van der Waals surface area (Å²) in [6.45, 7) is 7.47. The standard InChI is InChI=1S/C22H23N3O6/c1-14(2)21(26)30-11-7-10-29-19-13-20(31-22(27)28-4)18(12-15(19)3)25-23-16-8-5-6-9-17(16)24-25/h5-6,8-9,12-13H,1,7,10-11H2,2-4H3. The van der Waals surface area contributed by atoms with E-state index in [0.29, 0.717) is 41.1 Å². The molecule has 9 heteroatoms. The van der Waals surface area contributed by atoms with Crippen molar-refractivity contribution in [2.75, 3.05) is 20.3 Å². The topological polar surface area (TPSA) is 102 Å². The van der Waals surface area contributed by atoms with Crippen molar-refractivity contribution in [2.45, 2.75) is 20.3 Å². The molecule has 0 spiro atoms. The molecule has 3 rings (SSSR count). The van der Waals surface area contributed by atoms with E-state index in [1.807, 2.05) is 31.2 Å². The molecule has 0 unspecified atom stereocenters. The second-order valence-electron chi connectivity index (χ2n) is 6.74. The van der Waals surface area contributed by atoms with Gasteiger partial charge in [-0.2, -0.15) is 0 Å². The number of carbonyl (C=O) groups excluding carboxylic acids is 2. The zero-order valence-electron chi connectivity index (χ0n) is 17.6. The number of aryl methyl sites for hydroxylation is 1. The normalized spacial score (nSPS) is 10.5. The molecule has 0 amide bonds. The Balaban J connectivity index is 1.80. The molecule has 2 aromatic carbocycles. The van der Waals surface area contributed by atoms with Gasteiger partial charge in [0.05, 0.1) is 20.3 Å². The summed E-state index contributed by atoms with van der Waals surface area (Å²) in [6, 6.07) is 10.7. The largest absolute Gasteiger partial charge is 0.513 e. The molecular weight excluding hydrogens is 402 g/mol. The Morgan fingerprint density at radius 1 is 1.06 bits per heavy atom. The highest BCUT2D eigenvalue weighted by Crippen LogP contribution is 2.32. The first-order valence-electron chi connectivity index (χ1n) is 9.57. The first-order chi connectivity index (χ1) is 14.9. The molecule has 0 bridgehead atoms. The average molecular weight is 425 g/mol. The minimum Gasteiger partial charge on any atom is -0.493 e. The number of rotatable bonds is 8. The van der Waals surface area contributed by atoms with Crippen molar-refractivity contribution in [1.82, 2.24) is 15.0 Å². The fourth-order valence-electron chi connectivity index (χ4n) is 2.68. The van der Waals surface area contributed by atoms with E-state index in [1.165, 1.54) is 11.9 Å². The van der Waals surface area contributed by atoms with Crippen molar-refractivity contribution in [3.05, 3.63) is 54.1 Å². The van der Waals surface area contributed by atoms with Crippen LogP contribution in [0.15, 0.2) is 48.6 Å². The Hall–Kier alpha value is -3.88.